The molecule has 1 aromatic rings. The number of carbonyl (C=O) groups excluding carboxylic acids is 2. The van der Waals surface area contributed by atoms with Crippen molar-refractivity contribution in [1.29, 1.82) is 0 Å². The molecule has 7 nitrogen and oxygen atoms in total. The van der Waals surface area contributed by atoms with Crippen molar-refractivity contribution in [3.8, 4) is 0 Å². The average Bonchev–Trinajstić information content (AvgIpc) is 3.52. The van der Waals surface area contributed by atoms with Crippen LogP contribution in [0.3, 0.4) is 0 Å². The predicted octanol–water partition coefficient (Wildman–Crippen LogP) is 1.41. The number of hydrogen-bond acceptors (Lipinski definition) is 5. The number of benzene rings is 1. The van der Waals surface area contributed by atoms with Crippen LogP contribution in [0.5, 0.6) is 0 Å². The number of nitrogens with one attached hydrogen (secondary N) is 1. The fraction of sp³-hybridized carbons (Fsp3) is 0.556. The van der Waals surface area contributed by atoms with Crippen molar-refractivity contribution < 1.29 is 22.7 Å². The Labute approximate surface area is 153 Å². The minimum Gasteiger partial charge on any atom is -0.465 e. The van der Waals surface area contributed by atoms with Crippen LogP contribution in [-0.2, 0) is 14.8 Å². The first kappa shape index (κ1) is 18.8. The Bertz CT molecular complexity index is 763. The molecular weight excluding hydrogens is 356 g/mol. The number of ether oxygens (including phenoxy) is 1. The van der Waals surface area contributed by atoms with E-state index in [1.807, 2.05) is 0 Å². The minimum atomic E-state index is -3.09. The molecule has 1 aromatic carbocycles. The van der Waals surface area contributed by atoms with Crippen LogP contribution >= 0.6 is 0 Å². The Morgan fingerprint density at radius 1 is 1.08 bits per heavy atom. The number of carbonyl (C=O) groups is 2. The molecule has 1 aliphatic heterocycles. The van der Waals surface area contributed by atoms with Crippen LogP contribution in [0.4, 0.5) is 0 Å². The van der Waals surface area contributed by atoms with Crippen molar-refractivity contribution in [2.24, 2.45) is 5.92 Å². The SMILES string of the molecule is COC(=O)c1ccc(C(=O)NCC2CCN(S(=O)(=O)C3CC3)CC2)cc1. The van der Waals surface area contributed by atoms with Crippen molar-refractivity contribution in [3.05, 3.63) is 35.4 Å². The second-order valence-electron chi connectivity index (χ2n) is 6.87. The standard InChI is InChI=1S/C18H24N2O5S/c1-25-18(22)15-4-2-14(3-5-15)17(21)19-12-13-8-10-20(11-9-13)26(23,24)16-6-7-16/h2-5,13,16H,6-12H2,1H3,(H,19,21). The summed E-state index contributed by atoms with van der Waals surface area (Å²) in [5.74, 6) is -0.363. The summed E-state index contributed by atoms with van der Waals surface area (Å²) in [4.78, 5) is 23.6. The Morgan fingerprint density at radius 2 is 1.65 bits per heavy atom. The molecule has 1 aliphatic carbocycles. The van der Waals surface area contributed by atoms with Crippen LogP contribution in [0.1, 0.15) is 46.4 Å². The summed E-state index contributed by atoms with van der Waals surface area (Å²) in [7, 11) is -1.78. The second-order valence-corrected chi connectivity index (χ2v) is 9.08. The van der Waals surface area contributed by atoms with E-state index in [0.29, 0.717) is 30.8 Å². The topological polar surface area (TPSA) is 92.8 Å². The van der Waals surface area contributed by atoms with E-state index in [4.69, 9.17) is 0 Å². The number of hydrogen-bond donors (Lipinski definition) is 1. The maximum absolute atomic E-state index is 12.2. The zero-order valence-electron chi connectivity index (χ0n) is 14.8. The van der Waals surface area contributed by atoms with Gasteiger partial charge in [-0.1, -0.05) is 0 Å². The summed E-state index contributed by atoms with van der Waals surface area (Å²) in [5, 5.41) is 2.74. The van der Waals surface area contributed by atoms with Crippen molar-refractivity contribution >= 4 is 21.9 Å². The summed E-state index contributed by atoms with van der Waals surface area (Å²) < 4.78 is 30.7. The molecule has 2 aliphatic rings. The van der Waals surface area contributed by atoms with Gasteiger partial charge in [0.1, 0.15) is 0 Å². The highest BCUT2D eigenvalue weighted by Gasteiger charge is 2.41. The van der Waals surface area contributed by atoms with E-state index in [-0.39, 0.29) is 17.1 Å². The monoisotopic (exact) mass is 380 g/mol. The van der Waals surface area contributed by atoms with Gasteiger partial charge in [-0.15, -0.1) is 0 Å². The number of amides is 1. The number of nitrogens with zero attached hydrogens (tertiary/aromatic N) is 1. The summed E-state index contributed by atoms with van der Waals surface area (Å²) >= 11 is 0. The van der Waals surface area contributed by atoms with Gasteiger partial charge in [-0.3, -0.25) is 4.79 Å². The number of piperidine rings is 1. The molecule has 0 atom stereocenters. The smallest absolute Gasteiger partial charge is 0.337 e. The Balaban J connectivity index is 1.46. The first-order valence-electron chi connectivity index (χ1n) is 8.87. The molecule has 26 heavy (non-hydrogen) atoms. The van der Waals surface area contributed by atoms with Gasteiger partial charge in [0.2, 0.25) is 10.0 Å². The molecule has 0 radical (unpaired) electrons. The molecule has 0 aromatic heterocycles. The fourth-order valence-corrected chi connectivity index (χ4v) is 5.03. The van der Waals surface area contributed by atoms with Crippen LogP contribution in [0.15, 0.2) is 24.3 Å². The van der Waals surface area contributed by atoms with Crippen LogP contribution in [0, 0.1) is 5.92 Å². The third-order valence-electron chi connectivity index (χ3n) is 5.00. The molecule has 3 rings (SSSR count). The number of rotatable bonds is 6. The van der Waals surface area contributed by atoms with Gasteiger partial charge in [0.15, 0.2) is 0 Å². The van der Waals surface area contributed by atoms with E-state index in [9.17, 15) is 18.0 Å². The van der Waals surface area contributed by atoms with Gasteiger partial charge < -0.3 is 10.1 Å². The van der Waals surface area contributed by atoms with Gasteiger partial charge in [-0.05, 0) is 55.9 Å². The lowest BCUT2D eigenvalue weighted by molar-refractivity contribution is 0.0600. The Morgan fingerprint density at radius 3 is 2.19 bits per heavy atom. The molecule has 1 N–H and O–H groups in total. The maximum atomic E-state index is 12.2. The molecule has 0 spiro atoms. The maximum Gasteiger partial charge on any atom is 0.337 e. The highest BCUT2D eigenvalue weighted by atomic mass is 32.2. The van der Waals surface area contributed by atoms with Gasteiger partial charge in [0.05, 0.1) is 17.9 Å². The van der Waals surface area contributed by atoms with Gasteiger partial charge in [0.25, 0.3) is 5.91 Å². The molecule has 1 heterocycles. The lowest BCUT2D eigenvalue weighted by Crippen LogP contribution is -2.42. The van der Waals surface area contributed by atoms with Crippen LogP contribution in [-0.4, -0.2) is 56.6 Å². The molecule has 0 unspecified atom stereocenters. The van der Waals surface area contributed by atoms with E-state index < -0.39 is 16.0 Å². The highest BCUT2D eigenvalue weighted by Crippen LogP contribution is 2.33. The summed E-state index contributed by atoms with van der Waals surface area (Å²) in [5.41, 5.74) is 0.875. The molecule has 1 saturated heterocycles. The lowest BCUT2D eigenvalue weighted by atomic mass is 9.98. The lowest BCUT2D eigenvalue weighted by Gasteiger charge is -2.31. The molecular formula is C18H24N2O5S. The number of esters is 1. The van der Waals surface area contributed by atoms with E-state index in [1.54, 1.807) is 28.6 Å². The highest BCUT2D eigenvalue weighted by molar-refractivity contribution is 7.90. The molecule has 142 valence electrons. The predicted molar refractivity (Wildman–Crippen MR) is 96.4 cm³/mol. The zero-order chi connectivity index (χ0) is 18.7. The number of sulfonamides is 1. The number of methoxy groups -OCH3 is 1. The first-order chi connectivity index (χ1) is 12.4. The zero-order valence-corrected chi connectivity index (χ0v) is 15.6. The third kappa shape index (κ3) is 4.24. The molecule has 0 bridgehead atoms. The van der Waals surface area contributed by atoms with Crippen LogP contribution in [0.2, 0.25) is 0 Å². The van der Waals surface area contributed by atoms with Gasteiger partial charge >= 0.3 is 5.97 Å². The summed E-state index contributed by atoms with van der Waals surface area (Å²) in [6, 6.07) is 6.29. The van der Waals surface area contributed by atoms with Crippen LogP contribution < -0.4 is 5.32 Å². The van der Waals surface area contributed by atoms with E-state index in [2.05, 4.69) is 10.1 Å². The normalized spacial score (nSPS) is 19.1. The van der Waals surface area contributed by atoms with Gasteiger partial charge in [-0.25, -0.2) is 17.5 Å². The minimum absolute atomic E-state index is 0.160. The fourth-order valence-electron chi connectivity index (χ4n) is 3.16. The van der Waals surface area contributed by atoms with E-state index in [0.717, 1.165) is 25.7 Å². The van der Waals surface area contributed by atoms with Crippen molar-refractivity contribution in [2.45, 2.75) is 30.9 Å². The quantitative estimate of drug-likeness (QED) is 0.753. The molecule has 1 saturated carbocycles. The Hall–Kier alpha value is -1.93. The van der Waals surface area contributed by atoms with E-state index >= 15 is 0 Å². The second kappa shape index (κ2) is 7.75. The van der Waals surface area contributed by atoms with Crippen molar-refractivity contribution in [3.63, 3.8) is 0 Å². The van der Waals surface area contributed by atoms with Gasteiger partial charge in [-0.2, -0.15) is 0 Å². The third-order valence-corrected chi connectivity index (χ3v) is 7.40. The van der Waals surface area contributed by atoms with Crippen molar-refractivity contribution in [2.75, 3.05) is 26.7 Å². The first-order valence-corrected chi connectivity index (χ1v) is 10.4. The summed E-state index contributed by atoms with van der Waals surface area (Å²) in [6.07, 6.45) is 3.08. The summed E-state index contributed by atoms with van der Waals surface area (Å²) in [6.45, 7) is 1.59. The van der Waals surface area contributed by atoms with Gasteiger partial charge in [0, 0.05) is 25.2 Å². The van der Waals surface area contributed by atoms with E-state index in [1.165, 1.54) is 7.11 Å². The van der Waals surface area contributed by atoms with Crippen LogP contribution in [0.25, 0.3) is 0 Å². The average molecular weight is 380 g/mol. The Kier molecular flexibility index (Phi) is 5.62. The largest absolute Gasteiger partial charge is 0.465 e. The molecule has 8 heteroatoms. The van der Waals surface area contributed by atoms with Crippen molar-refractivity contribution in [1.82, 2.24) is 9.62 Å². The molecule has 2 fully saturated rings. The molecule has 1 amide bonds.